The molecule has 0 spiro atoms. The maximum Gasteiger partial charge on any atom is 0.311 e. The molecule has 0 heterocycles. The van der Waals surface area contributed by atoms with Crippen molar-refractivity contribution in [1.29, 1.82) is 5.26 Å². The van der Waals surface area contributed by atoms with E-state index in [2.05, 4.69) is 37.9 Å². The number of halogens is 2. The first kappa shape index (κ1) is 24.1. The predicted molar refractivity (Wildman–Crippen MR) is 120 cm³/mol. The minimum atomic E-state index is -0.986. The molecular weight excluding hydrogens is 693 g/mol. The zero-order valence-electron chi connectivity index (χ0n) is 15.9. The molecule has 7 heteroatoms. The molecule has 1 fully saturated rings. The van der Waals surface area contributed by atoms with Gasteiger partial charge in [0, 0.05) is 32.9 Å². The Hall–Kier alpha value is -1.18. The van der Waals surface area contributed by atoms with E-state index in [0.717, 1.165) is 3.39 Å². The molecule has 0 N–H and O–H groups in total. The van der Waals surface area contributed by atoms with Gasteiger partial charge in [0.05, 0.1) is 9.31 Å². The molecule has 29 heavy (non-hydrogen) atoms. The number of hydrogen-bond donors (Lipinski definition) is 0. The van der Waals surface area contributed by atoms with Crippen LogP contribution in [0.2, 0.25) is 0 Å². The maximum absolute atomic E-state index is 12.7. The first-order valence-corrected chi connectivity index (χ1v) is 10.4. The Morgan fingerprint density at radius 2 is 1.79 bits per heavy atom. The van der Waals surface area contributed by atoms with Crippen LogP contribution in [-0.2, 0) is 9.53 Å². The van der Waals surface area contributed by atoms with Crippen molar-refractivity contribution in [3.05, 3.63) is 69.6 Å². The van der Waals surface area contributed by atoms with E-state index in [1.54, 1.807) is 24.3 Å². The number of carbonyl (C=O) groups is 1. The molecule has 0 bridgehead atoms. The van der Waals surface area contributed by atoms with E-state index in [0.29, 0.717) is 17.1 Å². The van der Waals surface area contributed by atoms with E-state index in [1.165, 1.54) is 0 Å². The van der Waals surface area contributed by atoms with Gasteiger partial charge in [-0.05, 0) is 67.5 Å². The van der Waals surface area contributed by atoms with Crippen molar-refractivity contribution in [2.45, 2.75) is 20.0 Å². The normalized spacial score (nSPS) is 19.7. The fraction of sp³-hybridized carbons (Fsp3) is 0.273. The van der Waals surface area contributed by atoms with Crippen LogP contribution >= 0.6 is 31.9 Å². The Balaban J connectivity index is 0.00000300. The molecule has 1 saturated carbocycles. The Bertz CT molecular complexity index is 937. The smallest absolute Gasteiger partial charge is 0.311 e. The van der Waals surface area contributed by atoms with Gasteiger partial charge in [0.15, 0.2) is 0 Å². The van der Waals surface area contributed by atoms with Gasteiger partial charge < -0.3 is 9.47 Å². The van der Waals surface area contributed by atoms with Gasteiger partial charge in [-0.25, -0.2) is 0 Å². The molecule has 2 aromatic carbocycles. The minimum Gasteiger partial charge on any atom is -0.457 e. The van der Waals surface area contributed by atoms with Gasteiger partial charge >= 0.3 is 5.97 Å². The van der Waals surface area contributed by atoms with Gasteiger partial charge in [-0.15, -0.1) is 0 Å². The van der Waals surface area contributed by atoms with Crippen LogP contribution < -0.4 is 4.74 Å². The third kappa shape index (κ3) is 5.92. The summed E-state index contributed by atoms with van der Waals surface area (Å²) in [5.74, 6) is 0.683. The summed E-state index contributed by atoms with van der Waals surface area (Å²) in [7, 11) is 0. The van der Waals surface area contributed by atoms with Crippen molar-refractivity contribution >= 4 is 65.1 Å². The van der Waals surface area contributed by atoms with Crippen LogP contribution in [0.4, 0.5) is 0 Å². The summed E-state index contributed by atoms with van der Waals surface area (Å²) in [6, 6.07) is 18.5. The number of carbonyl (C=O) groups excluding carboxylic acids is 1. The second kappa shape index (κ2) is 10.2. The summed E-state index contributed by atoms with van der Waals surface area (Å²) in [6.45, 7) is 4.03. The van der Waals surface area contributed by atoms with Gasteiger partial charge in [0.2, 0.25) is 6.10 Å². The number of nitriles is 1. The second-order valence-corrected chi connectivity index (χ2v) is 9.99. The summed E-state index contributed by atoms with van der Waals surface area (Å²) < 4.78 is 12.2. The Morgan fingerprint density at radius 1 is 1.14 bits per heavy atom. The largest absolute Gasteiger partial charge is 0.457 e. The van der Waals surface area contributed by atoms with Crippen molar-refractivity contribution in [2.24, 2.45) is 17.3 Å². The summed E-state index contributed by atoms with van der Waals surface area (Å²) in [5.41, 5.74) is 0.374. The van der Waals surface area contributed by atoms with Gasteiger partial charge in [-0.2, -0.15) is 5.26 Å². The van der Waals surface area contributed by atoms with E-state index in [9.17, 15) is 10.1 Å². The molecule has 148 valence electrons. The number of para-hydroxylation sites is 1. The number of ether oxygens (including phenoxy) is 2. The molecule has 0 aromatic heterocycles. The van der Waals surface area contributed by atoms with Crippen LogP contribution in [-0.4, -0.2) is 33.3 Å². The molecule has 0 amide bonds. The van der Waals surface area contributed by atoms with Gasteiger partial charge in [0.1, 0.15) is 17.6 Å². The quantitative estimate of drug-likeness (QED) is 0.268. The molecular formula is C22H19Br2NO3Pb. The number of hydrogen-bond acceptors (Lipinski definition) is 4. The molecule has 3 rings (SSSR count). The van der Waals surface area contributed by atoms with Crippen molar-refractivity contribution in [2.75, 3.05) is 0 Å². The minimum absolute atomic E-state index is 0. The molecule has 2 aromatic rings. The Morgan fingerprint density at radius 3 is 2.41 bits per heavy atom. The summed E-state index contributed by atoms with van der Waals surface area (Å²) in [5, 5.41) is 9.56. The molecule has 0 saturated heterocycles. The van der Waals surface area contributed by atoms with Crippen LogP contribution in [0.3, 0.4) is 0 Å². The number of allylic oxidation sites excluding steroid dienone is 1. The van der Waals surface area contributed by atoms with Crippen molar-refractivity contribution in [3.63, 3.8) is 0 Å². The van der Waals surface area contributed by atoms with Crippen LogP contribution in [0, 0.1) is 28.6 Å². The molecule has 4 radical (unpaired) electrons. The Labute approximate surface area is 207 Å². The zero-order valence-corrected chi connectivity index (χ0v) is 23.0. The molecule has 0 unspecified atom stereocenters. The van der Waals surface area contributed by atoms with Gasteiger partial charge in [-0.3, -0.25) is 4.79 Å². The number of benzene rings is 2. The van der Waals surface area contributed by atoms with E-state index >= 15 is 0 Å². The first-order chi connectivity index (χ1) is 13.3. The zero-order chi connectivity index (χ0) is 20.3. The molecule has 1 aliphatic rings. The fourth-order valence-corrected chi connectivity index (χ4v) is 3.87. The van der Waals surface area contributed by atoms with Gasteiger partial charge in [0.25, 0.3) is 0 Å². The van der Waals surface area contributed by atoms with Crippen LogP contribution in [0.5, 0.6) is 11.5 Å². The number of esters is 1. The van der Waals surface area contributed by atoms with E-state index in [-0.39, 0.29) is 50.5 Å². The van der Waals surface area contributed by atoms with E-state index in [4.69, 9.17) is 9.47 Å². The topological polar surface area (TPSA) is 59.3 Å². The monoisotopic (exact) mass is 711 g/mol. The van der Waals surface area contributed by atoms with E-state index < -0.39 is 6.10 Å². The third-order valence-electron chi connectivity index (χ3n) is 4.96. The molecule has 0 aliphatic heterocycles. The number of nitrogens with zero attached hydrogens (tertiary/aromatic N) is 1. The molecule has 4 nitrogen and oxygen atoms in total. The average Bonchev–Trinajstić information content (AvgIpc) is 3.20. The second-order valence-electron chi connectivity index (χ2n) is 7.21. The molecule has 3 atom stereocenters. The van der Waals surface area contributed by atoms with Crippen LogP contribution in [0.1, 0.15) is 25.5 Å². The van der Waals surface area contributed by atoms with Crippen LogP contribution in [0.25, 0.3) is 0 Å². The SMILES string of the molecule is CC1(C)[C@H](C(=O)O[C@H](C#N)c2cccc(Oc3ccccc3)c2)[C@@H]1C=C(Br)Br.[Pb]. The number of rotatable bonds is 6. The van der Waals surface area contributed by atoms with Gasteiger partial charge in [-0.1, -0.05) is 50.3 Å². The summed E-state index contributed by atoms with van der Waals surface area (Å²) in [4.78, 5) is 12.7. The maximum atomic E-state index is 12.7. The standard InChI is InChI=1S/C22H19Br2NO3.Pb/c1-22(2)17(12-19(23)24)20(22)21(26)28-18(13-25)14-7-6-10-16(11-14)27-15-8-4-3-5-9-15;/h3-12,17-18,20H,1-2H3;/t17-,18+,20-;/m0./s1. The predicted octanol–water partition coefficient (Wildman–Crippen LogP) is 6.11. The third-order valence-corrected chi connectivity index (χ3v) is 5.49. The summed E-state index contributed by atoms with van der Waals surface area (Å²) >= 11 is 6.68. The Kier molecular flexibility index (Phi) is 8.50. The van der Waals surface area contributed by atoms with E-state index in [1.807, 2.05) is 50.3 Å². The summed E-state index contributed by atoms with van der Waals surface area (Å²) in [6.07, 6.45) is 0.960. The van der Waals surface area contributed by atoms with Crippen molar-refractivity contribution < 1.29 is 14.3 Å². The van der Waals surface area contributed by atoms with Crippen molar-refractivity contribution in [3.8, 4) is 17.6 Å². The average molecular weight is 712 g/mol. The van der Waals surface area contributed by atoms with Crippen molar-refractivity contribution in [1.82, 2.24) is 0 Å². The molecule has 1 aliphatic carbocycles. The fourth-order valence-electron chi connectivity index (χ4n) is 3.30. The first-order valence-electron chi connectivity index (χ1n) is 8.78. The van der Waals surface area contributed by atoms with Crippen LogP contribution in [0.15, 0.2) is 64.1 Å².